The molecule has 0 amide bonds. The van der Waals surface area contributed by atoms with E-state index >= 15 is 0 Å². The van der Waals surface area contributed by atoms with Crippen LogP contribution in [0.15, 0.2) is 18.2 Å². The van der Waals surface area contributed by atoms with Gasteiger partial charge in [0.25, 0.3) is 0 Å². The fourth-order valence-electron chi connectivity index (χ4n) is 2.52. The summed E-state index contributed by atoms with van der Waals surface area (Å²) in [6, 6.07) is 7.06. The van der Waals surface area contributed by atoms with E-state index in [1.807, 2.05) is 0 Å². The number of fused-ring (bicyclic) bond motifs is 1. The van der Waals surface area contributed by atoms with Crippen molar-refractivity contribution >= 4 is 0 Å². The Labute approximate surface area is 93.7 Å². The van der Waals surface area contributed by atoms with Gasteiger partial charge in [-0.15, -0.1) is 0 Å². The van der Waals surface area contributed by atoms with Crippen LogP contribution in [0.4, 0.5) is 0 Å². The van der Waals surface area contributed by atoms with Gasteiger partial charge in [-0.3, -0.25) is 0 Å². The maximum absolute atomic E-state index is 2.42. The molecule has 0 nitrogen and oxygen atoms in total. The van der Waals surface area contributed by atoms with Crippen molar-refractivity contribution in [2.24, 2.45) is 5.41 Å². The standard InChI is InChI=1S/C15H22/c1-14(2,3)13-7-6-11-9-15(4,5)10-12(11)8-13/h6-8H,9-10H2,1-5H3. The van der Waals surface area contributed by atoms with Crippen LogP contribution >= 0.6 is 0 Å². The molecule has 1 aliphatic carbocycles. The average Bonchev–Trinajstić information content (AvgIpc) is 2.34. The first-order chi connectivity index (χ1) is 6.78. The Bertz CT molecular complexity index is 378. The predicted molar refractivity (Wildman–Crippen MR) is 66.3 cm³/mol. The first-order valence-electron chi connectivity index (χ1n) is 5.90. The molecule has 15 heavy (non-hydrogen) atoms. The van der Waals surface area contributed by atoms with Crippen molar-refractivity contribution in [2.45, 2.75) is 52.9 Å². The molecule has 0 unspecified atom stereocenters. The van der Waals surface area contributed by atoms with Crippen molar-refractivity contribution < 1.29 is 0 Å². The molecule has 0 saturated carbocycles. The van der Waals surface area contributed by atoms with E-state index in [0.29, 0.717) is 5.41 Å². The lowest BCUT2D eigenvalue weighted by atomic mass is 9.85. The van der Waals surface area contributed by atoms with Crippen LogP contribution in [0.25, 0.3) is 0 Å². The molecule has 0 aromatic heterocycles. The minimum atomic E-state index is 0.280. The van der Waals surface area contributed by atoms with Crippen LogP contribution in [-0.4, -0.2) is 0 Å². The Morgan fingerprint density at radius 3 is 2.20 bits per heavy atom. The molecule has 0 heteroatoms. The molecule has 0 N–H and O–H groups in total. The summed E-state index contributed by atoms with van der Waals surface area (Å²) in [5, 5.41) is 0. The van der Waals surface area contributed by atoms with E-state index in [0.717, 1.165) is 0 Å². The Morgan fingerprint density at radius 1 is 1.00 bits per heavy atom. The van der Waals surface area contributed by atoms with Gasteiger partial charge < -0.3 is 0 Å². The Balaban J connectivity index is 2.39. The van der Waals surface area contributed by atoms with Gasteiger partial charge >= 0.3 is 0 Å². The largest absolute Gasteiger partial charge is 0.0593 e. The summed E-state index contributed by atoms with van der Waals surface area (Å²) in [6.45, 7) is 11.6. The average molecular weight is 202 g/mol. The van der Waals surface area contributed by atoms with Crippen molar-refractivity contribution in [2.75, 3.05) is 0 Å². The fraction of sp³-hybridized carbons (Fsp3) is 0.600. The predicted octanol–water partition coefficient (Wildman–Crippen LogP) is 4.11. The van der Waals surface area contributed by atoms with E-state index in [9.17, 15) is 0 Å². The van der Waals surface area contributed by atoms with Gasteiger partial charge in [0.05, 0.1) is 0 Å². The van der Waals surface area contributed by atoms with Crippen molar-refractivity contribution in [3.63, 3.8) is 0 Å². The minimum absolute atomic E-state index is 0.280. The topological polar surface area (TPSA) is 0 Å². The number of benzene rings is 1. The van der Waals surface area contributed by atoms with Crippen LogP contribution in [0.2, 0.25) is 0 Å². The van der Waals surface area contributed by atoms with Crippen molar-refractivity contribution in [1.82, 2.24) is 0 Å². The Kier molecular flexibility index (Phi) is 2.22. The molecule has 1 aromatic carbocycles. The molecule has 0 fully saturated rings. The van der Waals surface area contributed by atoms with E-state index in [2.05, 4.69) is 52.8 Å². The van der Waals surface area contributed by atoms with Crippen LogP contribution in [0.5, 0.6) is 0 Å². The first-order valence-corrected chi connectivity index (χ1v) is 5.90. The van der Waals surface area contributed by atoms with E-state index in [4.69, 9.17) is 0 Å². The molecule has 0 spiro atoms. The second-order valence-electron chi connectivity index (χ2n) is 6.75. The minimum Gasteiger partial charge on any atom is -0.0593 e. The Hall–Kier alpha value is -0.780. The van der Waals surface area contributed by atoms with Crippen LogP contribution in [0.1, 0.15) is 51.3 Å². The quantitative estimate of drug-likeness (QED) is 0.594. The van der Waals surface area contributed by atoms with Gasteiger partial charge in [-0.2, -0.15) is 0 Å². The maximum atomic E-state index is 2.42. The highest BCUT2D eigenvalue weighted by Crippen LogP contribution is 2.37. The van der Waals surface area contributed by atoms with Crippen LogP contribution in [0.3, 0.4) is 0 Å². The van der Waals surface area contributed by atoms with Crippen molar-refractivity contribution in [3.8, 4) is 0 Å². The van der Waals surface area contributed by atoms with Crippen LogP contribution < -0.4 is 0 Å². The molecule has 0 saturated heterocycles. The van der Waals surface area contributed by atoms with Gasteiger partial charge in [0.15, 0.2) is 0 Å². The third kappa shape index (κ3) is 2.09. The smallest absolute Gasteiger partial charge is 0.0132 e. The van der Waals surface area contributed by atoms with E-state index in [1.165, 1.54) is 18.4 Å². The van der Waals surface area contributed by atoms with E-state index in [1.54, 1.807) is 11.1 Å². The summed E-state index contributed by atoms with van der Waals surface area (Å²) in [4.78, 5) is 0. The molecule has 0 heterocycles. The van der Waals surface area contributed by atoms with Gasteiger partial charge in [-0.25, -0.2) is 0 Å². The van der Waals surface area contributed by atoms with Crippen LogP contribution in [0, 0.1) is 5.41 Å². The van der Waals surface area contributed by atoms with Gasteiger partial charge in [0, 0.05) is 0 Å². The zero-order chi connectivity index (χ0) is 11.3. The molecule has 2 rings (SSSR count). The fourth-order valence-corrected chi connectivity index (χ4v) is 2.52. The van der Waals surface area contributed by atoms with Crippen molar-refractivity contribution in [1.29, 1.82) is 0 Å². The number of hydrogen-bond acceptors (Lipinski definition) is 0. The molecule has 0 bridgehead atoms. The van der Waals surface area contributed by atoms with Gasteiger partial charge in [-0.05, 0) is 40.4 Å². The first kappa shape index (κ1) is 10.7. The molecule has 0 aliphatic heterocycles. The zero-order valence-electron chi connectivity index (χ0n) is 10.6. The second kappa shape index (κ2) is 3.10. The SMILES string of the molecule is CC1(C)Cc2ccc(C(C)(C)C)cc2C1. The lowest BCUT2D eigenvalue weighted by Gasteiger charge is -2.20. The maximum Gasteiger partial charge on any atom is -0.0132 e. The lowest BCUT2D eigenvalue weighted by Crippen LogP contribution is -2.11. The summed E-state index contributed by atoms with van der Waals surface area (Å²) in [5.74, 6) is 0. The normalized spacial score (nSPS) is 19.0. The molecular formula is C15H22. The summed E-state index contributed by atoms with van der Waals surface area (Å²) in [6.07, 6.45) is 2.49. The molecule has 1 aliphatic rings. The summed E-state index contributed by atoms with van der Waals surface area (Å²) < 4.78 is 0. The second-order valence-corrected chi connectivity index (χ2v) is 6.75. The molecule has 82 valence electrons. The van der Waals surface area contributed by atoms with E-state index < -0.39 is 0 Å². The number of rotatable bonds is 0. The number of hydrogen-bond donors (Lipinski definition) is 0. The third-order valence-corrected chi connectivity index (χ3v) is 3.41. The van der Waals surface area contributed by atoms with Gasteiger partial charge in [-0.1, -0.05) is 52.8 Å². The van der Waals surface area contributed by atoms with E-state index in [-0.39, 0.29) is 5.41 Å². The highest BCUT2D eigenvalue weighted by molar-refractivity contribution is 5.39. The molecule has 1 aromatic rings. The lowest BCUT2D eigenvalue weighted by molar-refractivity contribution is 0.392. The van der Waals surface area contributed by atoms with Crippen LogP contribution in [-0.2, 0) is 18.3 Å². The third-order valence-electron chi connectivity index (χ3n) is 3.41. The highest BCUT2D eigenvalue weighted by atomic mass is 14.3. The zero-order valence-corrected chi connectivity index (χ0v) is 10.6. The molecule has 0 atom stereocenters. The van der Waals surface area contributed by atoms with Gasteiger partial charge in [0.1, 0.15) is 0 Å². The van der Waals surface area contributed by atoms with Crippen molar-refractivity contribution in [3.05, 3.63) is 34.9 Å². The monoisotopic (exact) mass is 202 g/mol. The summed E-state index contributed by atoms with van der Waals surface area (Å²) in [5.41, 5.74) is 5.36. The highest BCUT2D eigenvalue weighted by Gasteiger charge is 2.29. The summed E-state index contributed by atoms with van der Waals surface area (Å²) in [7, 11) is 0. The summed E-state index contributed by atoms with van der Waals surface area (Å²) >= 11 is 0. The molecular weight excluding hydrogens is 180 g/mol. The molecule has 0 radical (unpaired) electrons. The van der Waals surface area contributed by atoms with Gasteiger partial charge in [0.2, 0.25) is 0 Å². The Morgan fingerprint density at radius 2 is 1.60 bits per heavy atom.